The van der Waals surface area contributed by atoms with Crippen molar-refractivity contribution in [3.63, 3.8) is 0 Å². The molecule has 1 heterocycles. The summed E-state index contributed by atoms with van der Waals surface area (Å²) < 4.78 is 4.93. The van der Waals surface area contributed by atoms with Crippen LogP contribution in [0.4, 0.5) is 0 Å². The number of fused-ring (bicyclic) bond motifs is 1. The Balaban J connectivity index is 1.95. The van der Waals surface area contributed by atoms with Crippen LogP contribution in [-0.2, 0) is 4.79 Å². The smallest absolute Gasteiger partial charge is 0.307 e. The Bertz CT molecular complexity index is 663. The van der Waals surface area contributed by atoms with Crippen molar-refractivity contribution in [1.29, 1.82) is 0 Å². The molecule has 1 aliphatic rings. The zero-order valence-electron chi connectivity index (χ0n) is 9.09. The zero-order valence-corrected chi connectivity index (χ0v) is 9.85. The van der Waals surface area contributed by atoms with Gasteiger partial charge in [0.2, 0.25) is 0 Å². The molecule has 5 nitrogen and oxygen atoms in total. The summed E-state index contributed by atoms with van der Waals surface area (Å²) in [6, 6.07) is 3.12. The average molecular weight is 266 g/mol. The number of carbonyl (C=O) groups is 2. The van der Waals surface area contributed by atoms with E-state index in [2.05, 4.69) is 5.16 Å². The van der Waals surface area contributed by atoms with E-state index in [0.717, 1.165) is 0 Å². The number of aromatic nitrogens is 1. The average Bonchev–Trinajstić information content (AvgIpc) is 2.99. The van der Waals surface area contributed by atoms with Crippen molar-refractivity contribution in [2.75, 3.05) is 0 Å². The summed E-state index contributed by atoms with van der Waals surface area (Å²) in [5.74, 6) is -2.11. The van der Waals surface area contributed by atoms with Gasteiger partial charge < -0.3 is 9.63 Å². The highest BCUT2D eigenvalue weighted by molar-refractivity contribution is 6.35. The third-order valence-electron chi connectivity index (χ3n) is 3.14. The monoisotopic (exact) mass is 265 g/mol. The van der Waals surface area contributed by atoms with Crippen molar-refractivity contribution in [3.05, 3.63) is 28.9 Å². The molecule has 0 radical (unpaired) electrons. The molecule has 2 atom stereocenters. The number of rotatable bonds is 3. The van der Waals surface area contributed by atoms with Crippen molar-refractivity contribution in [1.82, 2.24) is 5.16 Å². The molecule has 3 rings (SSSR count). The van der Waals surface area contributed by atoms with Crippen LogP contribution >= 0.6 is 11.6 Å². The van der Waals surface area contributed by atoms with E-state index < -0.39 is 17.8 Å². The van der Waals surface area contributed by atoms with Gasteiger partial charge in [0.05, 0.1) is 17.1 Å². The molecule has 2 aromatic rings. The SMILES string of the molecule is O=C(O)C1CC1C(=O)c1cc(Cl)c2oncc2c1. The van der Waals surface area contributed by atoms with Gasteiger partial charge in [-0.05, 0) is 18.6 Å². The second-order valence-electron chi connectivity index (χ2n) is 4.35. The molecule has 1 aromatic heterocycles. The van der Waals surface area contributed by atoms with Crippen molar-refractivity contribution >= 4 is 34.3 Å². The lowest BCUT2D eigenvalue weighted by Crippen LogP contribution is -2.08. The molecule has 92 valence electrons. The second kappa shape index (κ2) is 3.81. The minimum Gasteiger partial charge on any atom is -0.481 e. The van der Waals surface area contributed by atoms with Crippen molar-refractivity contribution in [2.24, 2.45) is 11.8 Å². The third-order valence-corrected chi connectivity index (χ3v) is 3.42. The van der Waals surface area contributed by atoms with Crippen LogP contribution in [0.25, 0.3) is 11.0 Å². The molecule has 0 amide bonds. The number of halogens is 1. The van der Waals surface area contributed by atoms with Gasteiger partial charge in [0, 0.05) is 16.9 Å². The van der Waals surface area contributed by atoms with Gasteiger partial charge in [-0.2, -0.15) is 0 Å². The molecular formula is C12H8ClNO4. The van der Waals surface area contributed by atoms with E-state index in [1.165, 1.54) is 12.3 Å². The number of hydrogen-bond acceptors (Lipinski definition) is 4. The molecule has 1 saturated carbocycles. The Morgan fingerprint density at radius 1 is 1.39 bits per heavy atom. The Morgan fingerprint density at radius 3 is 2.83 bits per heavy atom. The molecule has 0 bridgehead atoms. The van der Waals surface area contributed by atoms with Gasteiger partial charge in [0.15, 0.2) is 11.4 Å². The summed E-state index contributed by atoms with van der Waals surface area (Å²) in [6.45, 7) is 0. The molecule has 1 fully saturated rings. The van der Waals surface area contributed by atoms with Crippen LogP contribution in [0.1, 0.15) is 16.8 Å². The van der Waals surface area contributed by atoms with Crippen LogP contribution in [-0.4, -0.2) is 22.0 Å². The van der Waals surface area contributed by atoms with Crippen molar-refractivity contribution in [3.8, 4) is 0 Å². The number of nitrogens with zero attached hydrogens (tertiary/aromatic N) is 1. The molecule has 0 saturated heterocycles. The van der Waals surface area contributed by atoms with E-state index in [4.69, 9.17) is 21.2 Å². The van der Waals surface area contributed by atoms with Crippen molar-refractivity contribution < 1.29 is 19.2 Å². The first kappa shape index (κ1) is 11.2. The quantitative estimate of drug-likeness (QED) is 0.862. The van der Waals surface area contributed by atoms with E-state index in [9.17, 15) is 9.59 Å². The topological polar surface area (TPSA) is 80.4 Å². The molecule has 0 aliphatic heterocycles. The molecule has 18 heavy (non-hydrogen) atoms. The number of carboxylic acids is 1. The fraction of sp³-hybridized carbons (Fsp3) is 0.250. The van der Waals surface area contributed by atoms with Crippen LogP contribution in [0.3, 0.4) is 0 Å². The molecule has 2 unspecified atom stereocenters. The molecule has 0 spiro atoms. The Kier molecular flexibility index (Phi) is 2.38. The lowest BCUT2D eigenvalue weighted by molar-refractivity contribution is -0.138. The van der Waals surface area contributed by atoms with E-state index in [1.807, 2.05) is 0 Å². The first-order valence-electron chi connectivity index (χ1n) is 5.39. The van der Waals surface area contributed by atoms with Crippen LogP contribution < -0.4 is 0 Å². The molecular weight excluding hydrogens is 258 g/mol. The minimum absolute atomic E-state index is 0.188. The van der Waals surface area contributed by atoms with Gasteiger partial charge in [0.1, 0.15) is 0 Å². The number of ketones is 1. The first-order valence-corrected chi connectivity index (χ1v) is 5.76. The predicted octanol–water partition coefficient (Wildman–Crippen LogP) is 2.38. The van der Waals surface area contributed by atoms with Crippen LogP contribution in [0.15, 0.2) is 22.9 Å². The highest BCUT2D eigenvalue weighted by Gasteiger charge is 2.48. The van der Waals surface area contributed by atoms with Crippen LogP contribution in [0.5, 0.6) is 0 Å². The van der Waals surface area contributed by atoms with E-state index >= 15 is 0 Å². The number of benzene rings is 1. The normalized spacial score (nSPS) is 22.1. The van der Waals surface area contributed by atoms with Gasteiger partial charge in [-0.25, -0.2) is 0 Å². The molecule has 1 aromatic carbocycles. The first-order chi connectivity index (χ1) is 8.58. The van der Waals surface area contributed by atoms with Gasteiger partial charge >= 0.3 is 5.97 Å². The van der Waals surface area contributed by atoms with Gasteiger partial charge in [-0.1, -0.05) is 16.8 Å². The summed E-state index contributed by atoms with van der Waals surface area (Å²) in [5.41, 5.74) is 0.836. The highest BCUT2D eigenvalue weighted by Crippen LogP contribution is 2.41. The number of carbonyl (C=O) groups excluding carboxylic acids is 1. The number of Topliss-reactive ketones (excluding diaryl/α,β-unsaturated/α-hetero) is 1. The van der Waals surface area contributed by atoms with E-state index in [0.29, 0.717) is 28.0 Å². The van der Waals surface area contributed by atoms with Gasteiger partial charge in [0.25, 0.3) is 0 Å². The van der Waals surface area contributed by atoms with Gasteiger partial charge in [-0.3, -0.25) is 9.59 Å². The second-order valence-corrected chi connectivity index (χ2v) is 4.76. The van der Waals surface area contributed by atoms with Crippen molar-refractivity contribution in [2.45, 2.75) is 6.42 Å². The Labute approximate surface area is 106 Å². The fourth-order valence-electron chi connectivity index (χ4n) is 2.06. The zero-order chi connectivity index (χ0) is 12.9. The maximum atomic E-state index is 12.1. The highest BCUT2D eigenvalue weighted by atomic mass is 35.5. The summed E-state index contributed by atoms with van der Waals surface area (Å²) in [7, 11) is 0. The maximum Gasteiger partial charge on any atom is 0.307 e. The van der Waals surface area contributed by atoms with Crippen LogP contribution in [0, 0.1) is 11.8 Å². The van der Waals surface area contributed by atoms with Crippen LogP contribution in [0.2, 0.25) is 5.02 Å². The molecule has 1 aliphatic carbocycles. The lowest BCUT2D eigenvalue weighted by atomic mass is 10.0. The largest absolute Gasteiger partial charge is 0.481 e. The number of carboxylic acid groups (broad SMARTS) is 1. The van der Waals surface area contributed by atoms with E-state index in [-0.39, 0.29) is 5.78 Å². The number of hydrogen-bond donors (Lipinski definition) is 1. The summed E-state index contributed by atoms with van der Waals surface area (Å²) in [4.78, 5) is 22.8. The Hall–Kier alpha value is -1.88. The predicted molar refractivity (Wildman–Crippen MR) is 62.6 cm³/mol. The summed E-state index contributed by atoms with van der Waals surface area (Å²) >= 11 is 5.97. The lowest BCUT2D eigenvalue weighted by Gasteiger charge is -2.00. The number of aliphatic carboxylic acids is 1. The Morgan fingerprint density at radius 2 is 2.17 bits per heavy atom. The van der Waals surface area contributed by atoms with E-state index in [1.54, 1.807) is 6.07 Å². The standard InChI is InChI=1S/C12H8ClNO4/c13-9-2-5(1-6-4-14-18-11(6)9)10(15)7-3-8(7)12(16)17/h1-2,4,7-8H,3H2,(H,16,17). The summed E-state index contributed by atoms with van der Waals surface area (Å²) in [6.07, 6.45) is 1.87. The molecule has 6 heteroatoms. The summed E-state index contributed by atoms with van der Waals surface area (Å²) in [5, 5.41) is 13.4. The third kappa shape index (κ3) is 1.67. The minimum atomic E-state index is -0.925. The maximum absolute atomic E-state index is 12.1. The molecule has 1 N–H and O–H groups in total. The van der Waals surface area contributed by atoms with Gasteiger partial charge in [-0.15, -0.1) is 0 Å². The fourth-order valence-corrected chi connectivity index (χ4v) is 2.32.